The topological polar surface area (TPSA) is 29.0 Å². The number of rotatable bonds is 5. The number of nitrogens with zero attached hydrogens (tertiary/aromatic N) is 3. The second-order valence-electron chi connectivity index (χ2n) is 3.14. The number of anilines is 1. The summed E-state index contributed by atoms with van der Waals surface area (Å²) in [4.78, 5) is 10.5. The SMILES string of the molecule is CCN(CCCCl)c1cc(C)ncn1. The molecule has 14 heavy (non-hydrogen) atoms. The van der Waals surface area contributed by atoms with E-state index in [2.05, 4.69) is 21.8 Å². The van der Waals surface area contributed by atoms with Crippen molar-refractivity contribution in [3.63, 3.8) is 0 Å². The molecule has 1 aromatic heterocycles. The Morgan fingerprint density at radius 1 is 1.43 bits per heavy atom. The van der Waals surface area contributed by atoms with Crippen molar-refractivity contribution in [2.75, 3.05) is 23.9 Å². The molecule has 1 heterocycles. The molecule has 0 unspecified atom stereocenters. The average molecular weight is 214 g/mol. The molecule has 78 valence electrons. The molecular formula is C10H16ClN3. The van der Waals surface area contributed by atoms with E-state index in [1.807, 2.05) is 13.0 Å². The molecule has 0 aliphatic heterocycles. The fourth-order valence-corrected chi connectivity index (χ4v) is 1.42. The first kappa shape index (κ1) is 11.2. The number of aromatic nitrogens is 2. The van der Waals surface area contributed by atoms with Crippen molar-refractivity contribution in [3.05, 3.63) is 18.1 Å². The summed E-state index contributed by atoms with van der Waals surface area (Å²) in [6.45, 7) is 6.00. The van der Waals surface area contributed by atoms with E-state index in [0.29, 0.717) is 5.88 Å². The van der Waals surface area contributed by atoms with Crippen LogP contribution in [-0.4, -0.2) is 28.9 Å². The summed E-state index contributed by atoms with van der Waals surface area (Å²) in [7, 11) is 0. The summed E-state index contributed by atoms with van der Waals surface area (Å²) in [5.41, 5.74) is 0.999. The maximum absolute atomic E-state index is 5.66. The number of hydrogen-bond donors (Lipinski definition) is 0. The van der Waals surface area contributed by atoms with Gasteiger partial charge in [-0.3, -0.25) is 0 Å². The van der Waals surface area contributed by atoms with Crippen molar-refractivity contribution >= 4 is 17.4 Å². The lowest BCUT2D eigenvalue weighted by Crippen LogP contribution is -2.25. The maximum Gasteiger partial charge on any atom is 0.132 e. The lowest BCUT2D eigenvalue weighted by atomic mass is 10.3. The van der Waals surface area contributed by atoms with Crippen LogP contribution in [0.3, 0.4) is 0 Å². The fourth-order valence-electron chi connectivity index (χ4n) is 1.30. The first-order chi connectivity index (χ1) is 6.77. The van der Waals surface area contributed by atoms with E-state index in [9.17, 15) is 0 Å². The zero-order valence-corrected chi connectivity index (χ0v) is 9.46. The quantitative estimate of drug-likeness (QED) is 0.703. The number of halogens is 1. The normalized spacial score (nSPS) is 10.2. The summed E-state index contributed by atoms with van der Waals surface area (Å²) < 4.78 is 0. The van der Waals surface area contributed by atoms with E-state index < -0.39 is 0 Å². The van der Waals surface area contributed by atoms with E-state index in [4.69, 9.17) is 11.6 Å². The van der Waals surface area contributed by atoms with Crippen LogP contribution in [0.25, 0.3) is 0 Å². The van der Waals surface area contributed by atoms with Gasteiger partial charge in [0.05, 0.1) is 0 Å². The van der Waals surface area contributed by atoms with Crippen molar-refractivity contribution < 1.29 is 0 Å². The van der Waals surface area contributed by atoms with E-state index in [1.54, 1.807) is 6.33 Å². The van der Waals surface area contributed by atoms with Gasteiger partial charge in [0.2, 0.25) is 0 Å². The minimum absolute atomic E-state index is 0.695. The molecule has 0 atom stereocenters. The van der Waals surface area contributed by atoms with Crippen molar-refractivity contribution in [2.45, 2.75) is 20.3 Å². The Labute approximate surface area is 90.1 Å². The molecule has 0 aliphatic carbocycles. The smallest absolute Gasteiger partial charge is 0.132 e. The van der Waals surface area contributed by atoms with Crippen LogP contribution in [0.15, 0.2) is 12.4 Å². The van der Waals surface area contributed by atoms with Crippen LogP contribution in [0, 0.1) is 6.92 Å². The van der Waals surface area contributed by atoms with Gasteiger partial charge in [0.25, 0.3) is 0 Å². The average Bonchev–Trinajstić information content (AvgIpc) is 2.19. The zero-order chi connectivity index (χ0) is 10.4. The third-order valence-electron chi connectivity index (χ3n) is 2.06. The van der Waals surface area contributed by atoms with Crippen LogP contribution in [0.1, 0.15) is 19.0 Å². The Balaban J connectivity index is 2.68. The monoisotopic (exact) mass is 213 g/mol. The van der Waals surface area contributed by atoms with Gasteiger partial charge in [-0.1, -0.05) is 0 Å². The molecule has 0 fully saturated rings. The highest BCUT2D eigenvalue weighted by Crippen LogP contribution is 2.10. The molecule has 0 saturated heterocycles. The van der Waals surface area contributed by atoms with Gasteiger partial charge in [0.15, 0.2) is 0 Å². The van der Waals surface area contributed by atoms with Gasteiger partial charge >= 0.3 is 0 Å². The van der Waals surface area contributed by atoms with Crippen LogP contribution in [-0.2, 0) is 0 Å². The second kappa shape index (κ2) is 5.81. The molecule has 0 aliphatic rings. The predicted octanol–water partition coefficient (Wildman–Crippen LogP) is 2.24. The first-order valence-corrected chi connectivity index (χ1v) is 5.41. The lowest BCUT2D eigenvalue weighted by molar-refractivity contribution is 0.777. The molecule has 0 aromatic carbocycles. The summed E-state index contributed by atoms with van der Waals surface area (Å²) in [6.07, 6.45) is 2.59. The van der Waals surface area contributed by atoms with E-state index in [1.165, 1.54) is 0 Å². The molecule has 0 spiro atoms. The van der Waals surface area contributed by atoms with Crippen LogP contribution >= 0.6 is 11.6 Å². The minimum atomic E-state index is 0.695. The van der Waals surface area contributed by atoms with E-state index >= 15 is 0 Å². The summed E-state index contributed by atoms with van der Waals surface area (Å²) >= 11 is 5.66. The molecule has 0 amide bonds. The summed E-state index contributed by atoms with van der Waals surface area (Å²) in [5, 5.41) is 0. The molecule has 0 N–H and O–H groups in total. The third-order valence-corrected chi connectivity index (χ3v) is 2.32. The Morgan fingerprint density at radius 2 is 2.21 bits per heavy atom. The van der Waals surface area contributed by atoms with Crippen molar-refractivity contribution in [1.82, 2.24) is 9.97 Å². The lowest BCUT2D eigenvalue weighted by Gasteiger charge is -2.21. The van der Waals surface area contributed by atoms with Gasteiger partial charge in [-0.05, 0) is 20.3 Å². The summed E-state index contributed by atoms with van der Waals surface area (Å²) in [5.74, 6) is 1.69. The summed E-state index contributed by atoms with van der Waals surface area (Å²) in [6, 6.07) is 2.00. The second-order valence-corrected chi connectivity index (χ2v) is 3.52. The van der Waals surface area contributed by atoms with E-state index in [0.717, 1.165) is 31.0 Å². The third kappa shape index (κ3) is 3.14. The molecule has 4 heteroatoms. The molecule has 1 rings (SSSR count). The maximum atomic E-state index is 5.66. The standard InChI is InChI=1S/C10H16ClN3/c1-3-14(6-4-5-11)10-7-9(2)12-8-13-10/h7-8H,3-6H2,1-2H3. The van der Waals surface area contributed by atoms with Gasteiger partial charge in [-0.15, -0.1) is 11.6 Å². The number of aryl methyl sites for hydroxylation is 1. The number of alkyl halides is 1. The molecule has 0 radical (unpaired) electrons. The highest BCUT2D eigenvalue weighted by molar-refractivity contribution is 6.17. The highest BCUT2D eigenvalue weighted by Gasteiger charge is 2.04. The first-order valence-electron chi connectivity index (χ1n) is 4.87. The predicted molar refractivity (Wildman–Crippen MR) is 60.0 cm³/mol. The van der Waals surface area contributed by atoms with Crippen LogP contribution < -0.4 is 4.90 Å². The van der Waals surface area contributed by atoms with Crippen molar-refractivity contribution in [1.29, 1.82) is 0 Å². The fraction of sp³-hybridized carbons (Fsp3) is 0.600. The molecule has 3 nitrogen and oxygen atoms in total. The molecule has 0 bridgehead atoms. The molecule has 0 saturated carbocycles. The molecule has 1 aromatic rings. The Bertz CT molecular complexity index is 278. The van der Waals surface area contributed by atoms with Gasteiger partial charge in [-0.25, -0.2) is 9.97 Å². The van der Waals surface area contributed by atoms with Gasteiger partial charge < -0.3 is 4.90 Å². The van der Waals surface area contributed by atoms with Crippen LogP contribution in [0.2, 0.25) is 0 Å². The highest BCUT2D eigenvalue weighted by atomic mass is 35.5. The number of hydrogen-bond acceptors (Lipinski definition) is 3. The van der Waals surface area contributed by atoms with Crippen LogP contribution in [0.5, 0.6) is 0 Å². The molecular weight excluding hydrogens is 198 g/mol. The minimum Gasteiger partial charge on any atom is -0.357 e. The van der Waals surface area contributed by atoms with E-state index in [-0.39, 0.29) is 0 Å². The largest absolute Gasteiger partial charge is 0.357 e. The Kier molecular flexibility index (Phi) is 4.66. The van der Waals surface area contributed by atoms with Gasteiger partial charge in [0, 0.05) is 30.7 Å². The van der Waals surface area contributed by atoms with Gasteiger partial charge in [-0.2, -0.15) is 0 Å². The Morgan fingerprint density at radius 3 is 2.79 bits per heavy atom. The zero-order valence-electron chi connectivity index (χ0n) is 8.70. The van der Waals surface area contributed by atoms with Crippen LogP contribution in [0.4, 0.5) is 5.82 Å². The Hall–Kier alpha value is -0.830. The van der Waals surface area contributed by atoms with Crippen molar-refractivity contribution in [2.24, 2.45) is 0 Å². The van der Waals surface area contributed by atoms with Crippen molar-refractivity contribution in [3.8, 4) is 0 Å². The van der Waals surface area contributed by atoms with Gasteiger partial charge in [0.1, 0.15) is 12.1 Å².